The molecule has 0 atom stereocenters. The molecule has 0 saturated carbocycles. The first-order chi connectivity index (χ1) is 12.0. The number of hydrogen-bond donors (Lipinski definition) is 1. The highest BCUT2D eigenvalue weighted by Crippen LogP contribution is 2.19. The molecule has 0 radical (unpaired) electrons. The zero-order chi connectivity index (χ0) is 17.8. The minimum absolute atomic E-state index is 0.0789. The van der Waals surface area contributed by atoms with Crippen molar-refractivity contribution < 1.29 is 18.5 Å². The van der Waals surface area contributed by atoms with E-state index in [4.69, 9.17) is 4.52 Å². The Labute approximate surface area is 144 Å². The van der Waals surface area contributed by atoms with Gasteiger partial charge in [0.15, 0.2) is 5.82 Å². The Kier molecular flexibility index (Phi) is 5.06. The lowest BCUT2D eigenvalue weighted by atomic mass is 9.95. The van der Waals surface area contributed by atoms with Crippen LogP contribution in [-0.4, -0.2) is 39.9 Å². The predicted octanol–water partition coefficient (Wildman–Crippen LogP) is 1.69. The predicted molar refractivity (Wildman–Crippen MR) is 85.9 cm³/mol. The van der Waals surface area contributed by atoms with Gasteiger partial charge in [-0.2, -0.15) is 4.98 Å². The molecule has 7 nitrogen and oxygen atoms in total. The summed E-state index contributed by atoms with van der Waals surface area (Å²) in [6.45, 7) is 2.90. The molecule has 0 aliphatic carbocycles. The van der Waals surface area contributed by atoms with Gasteiger partial charge in [0.1, 0.15) is 5.82 Å². The Morgan fingerprint density at radius 2 is 1.96 bits per heavy atom. The van der Waals surface area contributed by atoms with Crippen molar-refractivity contribution in [1.82, 2.24) is 20.4 Å². The molecule has 1 fully saturated rings. The first kappa shape index (κ1) is 17.1. The van der Waals surface area contributed by atoms with Crippen molar-refractivity contribution in [3.63, 3.8) is 0 Å². The molecule has 2 heterocycles. The third-order valence-electron chi connectivity index (χ3n) is 4.23. The highest BCUT2D eigenvalue weighted by atomic mass is 19.1. The van der Waals surface area contributed by atoms with Gasteiger partial charge in [-0.25, -0.2) is 4.39 Å². The SMILES string of the molecule is Cc1noc(CNC(=O)C2CCN(C(=O)c3ccc(F)cc3)CC2)n1. The molecule has 1 saturated heterocycles. The minimum Gasteiger partial charge on any atom is -0.347 e. The molecule has 1 aliphatic rings. The van der Waals surface area contributed by atoms with Crippen LogP contribution in [0.4, 0.5) is 4.39 Å². The van der Waals surface area contributed by atoms with Crippen LogP contribution in [0.2, 0.25) is 0 Å². The van der Waals surface area contributed by atoms with Crippen molar-refractivity contribution in [1.29, 1.82) is 0 Å². The molecule has 1 N–H and O–H groups in total. The van der Waals surface area contributed by atoms with Crippen molar-refractivity contribution in [2.45, 2.75) is 26.3 Å². The summed E-state index contributed by atoms with van der Waals surface area (Å²) in [5, 5.41) is 6.45. The number of hydrogen-bond acceptors (Lipinski definition) is 5. The average molecular weight is 346 g/mol. The fourth-order valence-corrected chi connectivity index (χ4v) is 2.84. The second-order valence-electron chi connectivity index (χ2n) is 6.03. The molecule has 1 aromatic carbocycles. The standard InChI is InChI=1S/C17H19FN4O3/c1-11-20-15(25-21-11)10-19-16(23)12-6-8-22(9-7-12)17(24)13-2-4-14(18)5-3-13/h2-5,12H,6-10H2,1H3,(H,19,23). The Hall–Kier alpha value is -2.77. The molecule has 2 aromatic rings. The highest BCUT2D eigenvalue weighted by Gasteiger charge is 2.27. The van der Waals surface area contributed by atoms with Gasteiger partial charge in [0, 0.05) is 24.6 Å². The van der Waals surface area contributed by atoms with E-state index >= 15 is 0 Å². The van der Waals surface area contributed by atoms with E-state index in [0.717, 1.165) is 0 Å². The molecule has 1 aromatic heterocycles. The lowest BCUT2D eigenvalue weighted by Gasteiger charge is -2.31. The molecule has 0 unspecified atom stereocenters. The van der Waals surface area contributed by atoms with E-state index in [1.807, 2.05) is 0 Å². The molecular weight excluding hydrogens is 327 g/mol. The van der Waals surface area contributed by atoms with Crippen molar-refractivity contribution in [2.24, 2.45) is 5.92 Å². The number of halogens is 1. The van der Waals surface area contributed by atoms with Crippen LogP contribution < -0.4 is 5.32 Å². The third-order valence-corrected chi connectivity index (χ3v) is 4.23. The normalized spacial score (nSPS) is 15.2. The molecule has 2 amide bonds. The Balaban J connectivity index is 1.48. The number of nitrogens with zero attached hydrogens (tertiary/aromatic N) is 3. The second kappa shape index (κ2) is 7.42. The van der Waals surface area contributed by atoms with Crippen molar-refractivity contribution in [3.05, 3.63) is 47.4 Å². The number of likely N-dealkylation sites (tertiary alicyclic amines) is 1. The molecule has 0 spiro atoms. The minimum atomic E-state index is -0.372. The molecular formula is C17H19FN4O3. The van der Waals surface area contributed by atoms with Crippen LogP contribution in [0.15, 0.2) is 28.8 Å². The molecule has 3 rings (SSSR count). The summed E-state index contributed by atoms with van der Waals surface area (Å²) in [4.78, 5) is 30.3. The quantitative estimate of drug-likeness (QED) is 0.910. The van der Waals surface area contributed by atoms with E-state index in [0.29, 0.717) is 43.2 Å². The van der Waals surface area contributed by atoms with Gasteiger partial charge >= 0.3 is 0 Å². The third kappa shape index (κ3) is 4.20. The van der Waals surface area contributed by atoms with Gasteiger partial charge in [0.25, 0.3) is 5.91 Å². The number of rotatable bonds is 4. The van der Waals surface area contributed by atoms with Crippen molar-refractivity contribution in [3.8, 4) is 0 Å². The molecule has 25 heavy (non-hydrogen) atoms. The van der Waals surface area contributed by atoms with Crippen LogP contribution in [0.1, 0.15) is 34.9 Å². The van der Waals surface area contributed by atoms with Gasteiger partial charge in [0.2, 0.25) is 11.8 Å². The first-order valence-electron chi connectivity index (χ1n) is 8.14. The van der Waals surface area contributed by atoms with Gasteiger partial charge in [0.05, 0.1) is 6.54 Å². The smallest absolute Gasteiger partial charge is 0.253 e. The van der Waals surface area contributed by atoms with Crippen LogP contribution in [-0.2, 0) is 11.3 Å². The lowest BCUT2D eigenvalue weighted by molar-refractivity contribution is -0.126. The summed E-state index contributed by atoms with van der Waals surface area (Å²) in [5.41, 5.74) is 0.455. The zero-order valence-corrected chi connectivity index (χ0v) is 13.9. The summed E-state index contributed by atoms with van der Waals surface area (Å²) in [6, 6.07) is 5.49. The van der Waals surface area contributed by atoms with E-state index in [-0.39, 0.29) is 30.1 Å². The van der Waals surface area contributed by atoms with E-state index in [1.165, 1.54) is 24.3 Å². The van der Waals surface area contributed by atoms with Gasteiger partial charge in [-0.3, -0.25) is 9.59 Å². The van der Waals surface area contributed by atoms with Gasteiger partial charge in [-0.15, -0.1) is 0 Å². The fraction of sp³-hybridized carbons (Fsp3) is 0.412. The van der Waals surface area contributed by atoms with Crippen molar-refractivity contribution in [2.75, 3.05) is 13.1 Å². The topological polar surface area (TPSA) is 88.3 Å². The number of carbonyl (C=O) groups is 2. The van der Waals surface area contributed by atoms with Gasteiger partial charge < -0.3 is 14.7 Å². The van der Waals surface area contributed by atoms with Gasteiger partial charge in [-0.1, -0.05) is 5.16 Å². The zero-order valence-electron chi connectivity index (χ0n) is 13.9. The number of aromatic nitrogens is 2. The van der Waals surface area contributed by atoms with Crippen LogP contribution >= 0.6 is 0 Å². The Morgan fingerprint density at radius 1 is 1.28 bits per heavy atom. The monoisotopic (exact) mass is 346 g/mol. The number of piperidine rings is 1. The number of carbonyl (C=O) groups excluding carboxylic acids is 2. The van der Waals surface area contributed by atoms with Crippen molar-refractivity contribution >= 4 is 11.8 Å². The number of amides is 2. The number of benzene rings is 1. The number of nitrogens with one attached hydrogen (secondary N) is 1. The molecule has 1 aliphatic heterocycles. The number of aryl methyl sites for hydroxylation is 1. The average Bonchev–Trinajstić information content (AvgIpc) is 3.05. The van der Waals surface area contributed by atoms with Crippen LogP contribution in [0, 0.1) is 18.7 Å². The first-order valence-corrected chi connectivity index (χ1v) is 8.14. The van der Waals surface area contributed by atoms with Crippen LogP contribution in [0.25, 0.3) is 0 Å². The maximum Gasteiger partial charge on any atom is 0.253 e. The summed E-state index contributed by atoms with van der Waals surface area (Å²) in [6.07, 6.45) is 1.17. The Bertz CT molecular complexity index is 752. The lowest BCUT2D eigenvalue weighted by Crippen LogP contribution is -2.42. The van der Waals surface area contributed by atoms with Gasteiger partial charge in [-0.05, 0) is 44.0 Å². The summed E-state index contributed by atoms with van der Waals surface area (Å²) >= 11 is 0. The van der Waals surface area contributed by atoms with E-state index in [9.17, 15) is 14.0 Å². The fourth-order valence-electron chi connectivity index (χ4n) is 2.84. The van der Waals surface area contributed by atoms with E-state index < -0.39 is 0 Å². The Morgan fingerprint density at radius 3 is 2.56 bits per heavy atom. The molecule has 0 bridgehead atoms. The summed E-state index contributed by atoms with van der Waals surface area (Å²) in [5.74, 6) is 0.154. The summed E-state index contributed by atoms with van der Waals surface area (Å²) < 4.78 is 17.9. The van der Waals surface area contributed by atoms with E-state index in [2.05, 4.69) is 15.5 Å². The molecule has 8 heteroatoms. The molecule has 132 valence electrons. The largest absolute Gasteiger partial charge is 0.347 e. The maximum atomic E-state index is 12.9. The maximum absolute atomic E-state index is 12.9. The van der Waals surface area contributed by atoms with E-state index in [1.54, 1.807) is 11.8 Å². The summed E-state index contributed by atoms with van der Waals surface area (Å²) in [7, 11) is 0. The highest BCUT2D eigenvalue weighted by molar-refractivity contribution is 5.94. The van der Waals surface area contributed by atoms with Crippen LogP contribution in [0.5, 0.6) is 0 Å². The van der Waals surface area contributed by atoms with Crippen LogP contribution in [0.3, 0.4) is 0 Å². The second-order valence-corrected chi connectivity index (χ2v) is 6.03.